The summed E-state index contributed by atoms with van der Waals surface area (Å²) in [6.07, 6.45) is 0.859. The van der Waals surface area contributed by atoms with Gasteiger partial charge in [0.2, 0.25) is 5.89 Å². The van der Waals surface area contributed by atoms with E-state index in [4.69, 9.17) is 9.25 Å². The van der Waals surface area contributed by atoms with Gasteiger partial charge in [-0.25, -0.2) is 0 Å². The standard InChI is InChI=1S/C14H17N3O2/c1-4-11(3)17-18-9-13-15-16-14(19-13)12-7-5-6-10(2)8-12/h5-8H,4,9H2,1-3H3. The highest BCUT2D eigenvalue weighted by atomic mass is 16.6. The summed E-state index contributed by atoms with van der Waals surface area (Å²) in [6.45, 7) is 6.14. The number of hydrogen-bond donors (Lipinski definition) is 0. The van der Waals surface area contributed by atoms with Crippen LogP contribution in [-0.4, -0.2) is 15.9 Å². The molecule has 0 saturated carbocycles. The molecule has 5 heteroatoms. The molecule has 0 aliphatic carbocycles. The van der Waals surface area contributed by atoms with Gasteiger partial charge in [0.15, 0.2) is 6.61 Å². The van der Waals surface area contributed by atoms with Crippen LogP contribution in [0, 0.1) is 6.92 Å². The van der Waals surface area contributed by atoms with Crippen molar-refractivity contribution in [3.63, 3.8) is 0 Å². The molecule has 0 bridgehead atoms. The molecule has 100 valence electrons. The summed E-state index contributed by atoms with van der Waals surface area (Å²) in [7, 11) is 0. The summed E-state index contributed by atoms with van der Waals surface area (Å²) in [4.78, 5) is 5.14. The van der Waals surface area contributed by atoms with Crippen molar-refractivity contribution in [2.45, 2.75) is 33.8 Å². The first-order valence-electron chi connectivity index (χ1n) is 6.24. The fraction of sp³-hybridized carbons (Fsp3) is 0.357. The third-order valence-corrected chi connectivity index (χ3v) is 2.65. The number of oxime groups is 1. The molecule has 0 aliphatic rings. The first kappa shape index (κ1) is 13.3. The average molecular weight is 259 g/mol. The van der Waals surface area contributed by atoms with Crippen LogP contribution in [0.4, 0.5) is 0 Å². The lowest BCUT2D eigenvalue weighted by atomic mass is 10.1. The second-order valence-electron chi connectivity index (χ2n) is 4.32. The minimum Gasteiger partial charge on any atom is -0.417 e. The number of nitrogens with zero attached hydrogens (tertiary/aromatic N) is 3. The van der Waals surface area contributed by atoms with Crippen LogP contribution in [0.5, 0.6) is 0 Å². The van der Waals surface area contributed by atoms with Gasteiger partial charge in [0.25, 0.3) is 5.89 Å². The molecule has 0 spiro atoms. The molecule has 0 N–H and O–H groups in total. The lowest BCUT2D eigenvalue weighted by Gasteiger charge is -1.97. The smallest absolute Gasteiger partial charge is 0.257 e. The maximum atomic E-state index is 5.52. The van der Waals surface area contributed by atoms with E-state index in [9.17, 15) is 0 Å². The van der Waals surface area contributed by atoms with E-state index in [1.807, 2.05) is 45.0 Å². The van der Waals surface area contributed by atoms with Crippen molar-refractivity contribution in [3.05, 3.63) is 35.7 Å². The molecule has 1 aromatic heterocycles. The zero-order chi connectivity index (χ0) is 13.7. The maximum absolute atomic E-state index is 5.52. The van der Waals surface area contributed by atoms with E-state index >= 15 is 0 Å². The zero-order valence-corrected chi connectivity index (χ0v) is 11.4. The van der Waals surface area contributed by atoms with E-state index in [1.165, 1.54) is 0 Å². The van der Waals surface area contributed by atoms with Crippen molar-refractivity contribution in [2.24, 2.45) is 5.16 Å². The number of hydrogen-bond acceptors (Lipinski definition) is 5. The summed E-state index contributed by atoms with van der Waals surface area (Å²) in [5.74, 6) is 0.919. The van der Waals surface area contributed by atoms with Gasteiger partial charge in [-0.3, -0.25) is 0 Å². The fourth-order valence-corrected chi connectivity index (χ4v) is 1.47. The predicted octanol–water partition coefficient (Wildman–Crippen LogP) is 3.35. The van der Waals surface area contributed by atoms with Gasteiger partial charge in [-0.15, -0.1) is 10.2 Å². The Hall–Kier alpha value is -2.17. The largest absolute Gasteiger partial charge is 0.417 e. The molecular weight excluding hydrogens is 242 g/mol. The number of aromatic nitrogens is 2. The summed E-state index contributed by atoms with van der Waals surface area (Å²) in [6, 6.07) is 7.91. The Balaban J connectivity index is 2.03. The van der Waals surface area contributed by atoms with Gasteiger partial charge in [0, 0.05) is 5.56 Å². The molecule has 1 aromatic carbocycles. The van der Waals surface area contributed by atoms with Crippen LogP contribution >= 0.6 is 0 Å². The van der Waals surface area contributed by atoms with E-state index < -0.39 is 0 Å². The molecule has 0 atom stereocenters. The SMILES string of the molecule is CCC(C)=NOCc1nnc(-c2cccc(C)c2)o1. The lowest BCUT2D eigenvalue weighted by molar-refractivity contribution is 0.110. The second kappa shape index (κ2) is 6.13. The van der Waals surface area contributed by atoms with Gasteiger partial charge in [-0.05, 0) is 32.4 Å². The predicted molar refractivity (Wildman–Crippen MR) is 72.7 cm³/mol. The van der Waals surface area contributed by atoms with Gasteiger partial charge >= 0.3 is 0 Å². The molecule has 1 heterocycles. The van der Waals surface area contributed by atoms with Gasteiger partial charge in [-0.2, -0.15) is 0 Å². The minimum atomic E-state index is 0.191. The third kappa shape index (κ3) is 3.64. The average Bonchev–Trinajstić information content (AvgIpc) is 2.87. The normalized spacial score (nSPS) is 11.6. The number of aryl methyl sites for hydroxylation is 1. The molecule has 0 amide bonds. The van der Waals surface area contributed by atoms with Crippen LogP contribution < -0.4 is 0 Å². The van der Waals surface area contributed by atoms with Crippen molar-refractivity contribution in [1.29, 1.82) is 0 Å². The highest BCUT2D eigenvalue weighted by Crippen LogP contribution is 2.18. The molecule has 2 aromatic rings. The van der Waals surface area contributed by atoms with Crippen molar-refractivity contribution < 1.29 is 9.25 Å². The molecule has 0 radical (unpaired) electrons. The van der Waals surface area contributed by atoms with Crippen molar-refractivity contribution >= 4 is 5.71 Å². The maximum Gasteiger partial charge on any atom is 0.257 e. The molecule has 2 rings (SSSR count). The van der Waals surface area contributed by atoms with Crippen molar-refractivity contribution in [2.75, 3.05) is 0 Å². The molecule has 0 fully saturated rings. The third-order valence-electron chi connectivity index (χ3n) is 2.65. The Bertz CT molecular complexity index is 576. The zero-order valence-electron chi connectivity index (χ0n) is 11.4. The fourth-order valence-electron chi connectivity index (χ4n) is 1.47. The second-order valence-corrected chi connectivity index (χ2v) is 4.32. The van der Waals surface area contributed by atoms with Crippen molar-refractivity contribution in [1.82, 2.24) is 10.2 Å². The lowest BCUT2D eigenvalue weighted by Crippen LogP contribution is -1.92. The quantitative estimate of drug-likeness (QED) is 0.610. The van der Waals surface area contributed by atoms with Gasteiger partial charge < -0.3 is 9.25 Å². The van der Waals surface area contributed by atoms with Gasteiger partial charge in [-0.1, -0.05) is 29.8 Å². The van der Waals surface area contributed by atoms with Gasteiger partial charge in [0.05, 0.1) is 5.71 Å². The Morgan fingerprint density at radius 2 is 2.21 bits per heavy atom. The highest BCUT2D eigenvalue weighted by molar-refractivity contribution is 5.80. The van der Waals surface area contributed by atoms with Crippen molar-refractivity contribution in [3.8, 4) is 11.5 Å². The van der Waals surface area contributed by atoms with Crippen LogP contribution in [0.15, 0.2) is 33.8 Å². The first-order chi connectivity index (χ1) is 9.19. The molecule has 0 aliphatic heterocycles. The topological polar surface area (TPSA) is 60.5 Å². The summed E-state index contributed by atoms with van der Waals surface area (Å²) >= 11 is 0. The van der Waals surface area contributed by atoms with Gasteiger partial charge in [0.1, 0.15) is 0 Å². The van der Waals surface area contributed by atoms with Crippen LogP contribution in [0.2, 0.25) is 0 Å². The van der Waals surface area contributed by atoms with Crippen LogP contribution in [-0.2, 0) is 11.4 Å². The highest BCUT2D eigenvalue weighted by Gasteiger charge is 2.08. The van der Waals surface area contributed by atoms with Crippen LogP contribution in [0.3, 0.4) is 0 Å². The van der Waals surface area contributed by atoms with E-state index in [2.05, 4.69) is 15.4 Å². The first-order valence-corrected chi connectivity index (χ1v) is 6.24. The molecule has 5 nitrogen and oxygen atoms in total. The summed E-state index contributed by atoms with van der Waals surface area (Å²) < 4.78 is 5.52. The van der Waals surface area contributed by atoms with Crippen LogP contribution in [0.25, 0.3) is 11.5 Å². The monoisotopic (exact) mass is 259 g/mol. The molecular formula is C14H17N3O2. The Labute approximate surface area is 112 Å². The van der Waals surface area contributed by atoms with Crippen LogP contribution in [0.1, 0.15) is 31.7 Å². The molecule has 0 unspecified atom stereocenters. The van der Waals surface area contributed by atoms with E-state index in [1.54, 1.807) is 0 Å². The van der Waals surface area contributed by atoms with E-state index in [0.717, 1.165) is 23.3 Å². The van der Waals surface area contributed by atoms with E-state index in [0.29, 0.717) is 11.8 Å². The Morgan fingerprint density at radius 1 is 1.37 bits per heavy atom. The van der Waals surface area contributed by atoms with E-state index in [-0.39, 0.29) is 6.61 Å². The summed E-state index contributed by atoms with van der Waals surface area (Å²) in [5.41, 5.74) is 2.99. The number of benzene rings is 1. The summed E-state index contributed by atoms with van der Waals surface area (Å²) in [5, 5.41) is 11.9. The minimum absolute atomic E-state index is 0.191. The molecule has 19 heavy (non-hydrogen) atoms. The Kier molecular flexibility index (Phi) is 4.28. The number of rotatable bonds is 5. The Morgan fingerprint density at radius 3 is 2.95 bits per heavy atom. The molecule has 0 saturated heterocycles.